The number of ketones is 2. The number of carbonyl (C=O) groups is 3. The normalized spacial score (nSPS) is 30.8. The van der Waals surface area contributed by atoms with E-state index in [1.165, 1.54) is 30.8 Å². The molecule has 1 saturated carbocycles. The molecule has 2 fully saturated rings. The average Bonchev–Trinajstić information content (AvgIpc) is 3.49. The standard InChI is InChI=1S/C47H57N3O12/c1-23(2)10-9-16-45(8)17-14-28-35(52)34-36(53)31-21-27-20-30(25(5)6)47(31,62-40(34)29(39(28)61-45)12-11-24(3)4)46(59,41(27)56)18-13-26(7)42(57)48-33-15-19-50(44(58)49-33)43-38(55)37(54)32(22-51)60-43/h10-11,13-15,17,19,21,25,27,30,32,37-38,43,51-52,54-55,59H,9,12,16,18,20,22H2,1-8H3,(H,48,49,57,58)/b26-13-/t27?,30?,32-,37-,38?,43-,45?,46?,47?/m1/s1. The van der Waals surface area contributed by atoms with E-state index < -0.39 is 89.4 Å². The van der Waals surface area contributed by atoms with Crippen LogP contribution in [0.15, 0.2) is 69.7 Å². The van der Waals surface area contributed by atoms with Gasteiger partial charge in [-0.3, -0.25) is 19.0 Å². The molecule has 1 aromatic heterocycles. The van der Waals surface area contributed by atoms with E-state index in [1.54, 1.807) is 12.2 Å². The summed E-state index contributed by atoms with van der Waals surface area (Å²) >= 11 is 0. The van der Waals surface area contributed by atoms with Gasteiger partial charge in [0.25, 0.3) is 5.91 Å². The van der Waals surface area contributed by atoms with Gasteiger partial charge >= 0.3 is 5.69 Å². The smallest absolute Gasteiger partial charge is 0.351 e. The highest BCUT2D eigenvalue weighted by atomic mass is 16.6. The quantitative estimate of drug-likeness (QED) is 0.125. The number of aliphatic hydroxyl groups excluding tert-OH is 3. The number of hydrogen-bond acceptors (Lipinski definition) is 13. The van der Waals surface area contributed by atoms with Crippen LogP contribution in [0.5, 0.6) is 17.2 Å². The molecule has 1 spiro atoms. The molecule has 1 aromatic carbocycles. The Hall–Kier alpha value is -5.19. The van der Waals surface area contributed by atoms with Crippen LogP contribution in [0.1, 0.15) is 109 Å². The van der Waals surface area contributed by atoms with Gasteiger partial charge in [-0.25, -0.2) is 4.79 Å². The summed E-state index contributed by atoms with van der Waals surface area (Å²) in [6.45, 7) is 14.6. The molecule has 2 aromatic rings. The van der Waals surface area contributed by atoms with Gasteiger partial charge in [0.05, 0.1) is 12.2 Å². The number of phenolic OH excluding ortho intramolecular Hbond substituents is 1. The fourth-order valence-corrected chi connectivity index (χ4v) is 9.54. The van der Waals surface area contributed by atoms with E-state index in [9.17, 15) is 39.9 Å². The van der Waals surface area contributed by atoms with E-state index in [2.05, 4.69) is 16.4 Å². The molecule has 1 saturated heterocycles. The summed E-state index contributed by atoms with van der Waals surface area (Å²) in [6.07, 6.45) is 8.03. The maximum atomic E-state index is 15.0. The number of nitrogens with one attached hydrogen (secondary N) is 1. The summed E-state index contributed by atoms with van der Waals surface area (Å²) in [7, 11) is 0. The summed E-state index contributed by atoms with van der Waals surface area (Å²) in [5.41, 5.74) is -2.88. The summed E-state index contributed by atoms with van der Waals surface area (Å²) in [4.78, 5) is 59.9. The van der Waals surface area contributed by atoms with Crippen molar-refractivity contribution in [3.63, 3.8) is 0 Å². The van der Waals surface area contributed by atoms with Crippen molar-refractivity contribution in [2.75, 3.05) is 11.9 Å². The van der Waals surface area contributed by atoms with Crippen molar-refractivity contribution in [2.45, 2.75) is 129 Å². The molecule has 1 amide bonds. The van der Waals surface area contributed by atoms with E-state index in [1.807, 2.05) is 60.6 Å². The van der Waals surface area contributed by atoms with Crippen LogP contribution in [0.2, 0.25) is 0 Å². The van der Waals surface area contributed by atoms with Gasteiger partial charge in [-0.05, 0) is 91.4 Å². The lowest BCUT2D eigenvalue weighted by atomic mass is 9.49. The van der Waals surface area contributed by atoms with E-state index in [-0.39, 0.29) is 46.4 Å². The maximum absolute atomic E-state index is 15.0. The second-order valence-corrected chi connectivity index (χ2v) is 18.3. The minimum absolute atomic E-state index is 0.0382. The fraction of sp³-hybridized carbons (Fsp3) is 0.511. The third-order valence-corrected chi connectivity index (χ3v) is 13.0. The van der Waals surface area contributed by atoms with Gasteiger partial charge in [0, 0.05) is 41.2 Å². The predicted molar refractivity (Wildman–Crippen MR) is 229 cm³/mol. The number of amides is 1. The topological polar surface area (TPSA) is 227 Å². The highest BCUT2D eigenvalue weighted by Gasteiger charge is 2.73. The molecule has 62 heavy (non-hydrogen) atoms. The van der Waals surface area contributed by atoms with Crippen LogP contribution in [-0.2, 0) is 20.7 Å². The third kappa shape index (κ3) is 7.36. The number of hydrogen-bond donors (Lipinski definition) is 6. The molecule has 9 atom stereocenters. The molecule has 15 nitrogen and oxygen atoms in total. The number of benzene rings is 1. The van der Waals surface area contributed by atoms with E-state index in [4.69, 9.17) is 14.2 Å². The SMILES string of the molecule is CC(C)=CCCC1(C)C=Cc2c(O)c3c(c(CC=C(C)C)c2O1)OC12C(=CC(CC1C(C)C)C(=O)C2(O)C/C=C(/C)C(=O)Nc1ccn([C@@H]2O[C@H](CO)[C@@H](O)C2O)c(=O)n1)C3=O. The van der Waals surface area contributed by atoms with Gasteiger partial charge in [-0.1, -0.05) is 49.3 Å². The number of nitrogens with zero attached hydrogens (tertiary/aromatic N) is 2. The zero-order valence-electron chi connectivity index (χ0n) is 36.4. The van der Waals surface area contributed by atoms with Crippen LogP contribution < -0.4 is 20.5 Å². The van der Waals surface area contributed by atoms with E-state index in [0.29, 0.717) is 29.7 Å². The number of fused-ring (bicyclic) bond motifs is 4. The Morgan fingerprint density at radius 2 is 1.74 bits per heavy atom. The van der Waals surface area contributed by atoms with Gasteiger partial charge in [0.2, 0.25) is 0 Å². The van der Waals surface area contributed by atoms with Crippen molar-refractivity contribution in [1.29, 1.82) is 0 Å². The highest BCUT2D eigenvalue weighted by Crippen LogP contribution is 2.62. The molecule has 6 N–H and O–H groups in total. The Balaban J connectivity index is 1.26. The first-order valence-electron chi connectivity index (χ1n) is 21.2. The Kier molecular flexibility index (Phi) is 11.9. The van der Waals surface area contributed by atoms with Crippen LogP contribution in [0.25, 0.3) is 6.08 Å². The van der Waals surface area contributed by atoms with Crippen LogP contribution in [0.4, 0.5) is 5.82 Å². The van der Waals surface area contributed by atoms with E-state index in [0.717, 1.165) is 16.6 Å². The van der Waals surface area contributed by atoms with Crippen molar-refractivity contribution < 1.29 is 54.1 Å². The lowest BCUT2D eigenvalue weighted by Gasteiger charge is -2.60. The molecule has 332 valence electrons. The average molecular weight is 856 g/mol. The first kappa shape index (κ1) is 44.9. The lowest BCUT2D eigenvalue weighted by Crippen LogP contribution is -2.75. The number of aromatic nitrogens is 2. The van der Waals surface area contributed by atoms with Crippen molar-refractivity contribution >= 4 is 29.4 Å². The number of aromatic hydroxyl groups is 1. The second kappa shape index (κ2) is 16.5. The summed E-state index contributed by atoms with van der Waals surface area (Å²) in [5, 5.41) is 57.4. The fourth-order valence-electron chi connectivity index (χ4n) is 9.54. The molecule has 15 heteroatoms. The van der Waals surface area contributed by atoms with Gasteiger partial charge in [-0.15, -0.1) is 0 Å². The molecule has 3 aliphatic heterocycles. The minimum atomic E-state index is -2.35. The van der Waals surface area contributed by atoms with Crippen molar-refractivity contribution in [3.05, 3.63) is 92.1 Å². The molecular formula is C47H57N3O12. The molecule has 0 radical (unpaired) electrons. The molecule has 6 unspecified atom stereocenters. The number of Topliss-reactive ketones (excluding diaryl/α,β-unsaturated/α-hetero) is 2. The zero-order valence-corrected chi connectivity index (χ0v) is 36.4. The first-order chi connectivity index (χ1) is 29.2. The van der Waals surface area contributed by atoms with Crippen molar-refractivity contribution in [2.24, 2.45) is 17.8 Å². The summed E-state index contributed by atoms with van der Waals surface area (Å²) < 4.78 is 20.2. The van der Waals surface area contributed by atoms with Crippen molar-refractivity contribution in [1.82, 2.24) is 9.55 Å². The zero-order chi connectivity index (χ0) is 45.2. The lowest BCUT2D eigenvalue weighted by molar-refractivity contribution is -0.194. The monoisotopic (exact) mass is 855 g/mol. The Morgan fingerprint density at radius 3 is 2.37 bits per heavy atom. The van der Waals surface area contributed by atoms with Gasteiger partial charge in [-0.2, -0.15) is 4.98 Å². The summed E-state index contributed by atoms with van der Waals surface area (Å²) in [5.74, 6) is -3.51. The number of ether oxygens (including phenoxy) is 3. The van der Waals surface area contributed by atoms with Gasteiger partial charge < -0.3 is 45.1 Å². The van der Waals surface area contributed by atoms with E-state index >= 15 is 4.79 Å². The number of anilines is 1. The van der Waals surface area contributed by atoms with Crippen LogP contribution in [0.3, 0.4) is 0 Å². The number of phenols is 1. The number of allylic oxidation sites excluding steroid dienone is 5. The minimum Gasteiger partial charge on any atom is -0.506 e. The van der Waals surface area contributed by atoms with Crippen LogP contribution in [0, 0.1) is 17.8 Å². The Bertz CT molecular complexity index is 2420. The van der Waals surface area contributed by atoms with Crippen LogP contribution in [-0.4, -0.2) is 94.3 Å². The van der Waals surface area contributed by atoms with Gasteiger partial charge in [0.1, 0.15) is 52.5 Å². The molecule has 6 aliphatic rings. The predicted octanol–water partition coefficient (Wildman–Crippen LogP) is 4.80. The number of aliphatic hydroxyl groups is 4. The van der Waals surface area contributed by atoms with Gasteiger partial charge in [0.15, 0.2) is 29.0 Å². The molecule has 2 bridgehead atoms. The summed E-state index contributed by atoms with van der Waals surface area (Å²) in [6, 6.07) is 1.28. The molecular weight excluding hydrogens is 799 g/mol. The maximum Gasteiger partial charge on any atom is 0.351 e. The third-order valence-electron chi connectivity index (χ3n) is 13.0. The highest BCUT2D eigenvalue weighted by molar-refractivity contribution is 6.18. The number of rotatable bonds is 12. The Labute approximate surface area is 360 Å². The molecule has 3 aliphatic carbocycles. The second-order valence-electron chi connectivity index (χ2n) is 18.3. The van der Waals surface area contributed by atoms with Crippen LogP contribution >= 0.6 is 0 Å². The van der Waals surface area contributed by atoms with Crippen molar-refractivity contribution in [3.8, 4) is 17.2 Å². The Morgan fingerprint density at radius 1 is 1.03 bits per heavy atom. The first-order valence-corrected chi connectivity index (χ1v) is 21.2. The number of carbonyl (C=O) groups excluding carboxylic acids is 3. The molecule has 8 rings (SSSR count). The largest absolute Gasteiger partial charge is 0.506 e. The molecule has 4 heterocycles.